The van der Waals surface area contributed by atoms with E-state index in [0.29, 0.717) is 12.8 Å². The lowest BCUT2D eigenvalue weighted by molar-refractivity contribution is -0.130. The number of hydrogen-bond donors (Lipinski definition) is 3. The van der Waals surface area contributed by atoms with Crippen molar-refractivity contribution in [2.45, 2.75) is 24.7 Å². The van der Waals surface area contributed by atoms with Gasteiger partial charge in [0.25, 0.3) is 0 Å². The van der Waals surface area contributed by atoms with E-state index in [2.05, 4.69) is 15.8 Å². The lowest BCUT2D eigenvalue weighted by Gasteiger charge is -2.16. The van der Waals surface area contributed by atoms with E-state index in [1.807, 2.05) is 24.3 Å². The first-order valence-electron chi connectivity index (χ1n) is 8.49. The summed E-state index contributed by atoms with van der Waals surface area (Å²) in [6.07, 6.45) is 3.33. The van der Waals surface area contributed by atoms with Crippen molar-refractivity contribution in [3.63, 3.8) is 0 Å². The maximum Gasteiger partial charge on any atom is 0.249 e. The third-order valence-electron chi connectivity index (χ3n) is 4.92. The van der Waals surface area contributed by atoms with Crippen molar-refractivity contribution in [2.24, 2.45) is 0 Å². The second-order valence-electron chi connectivity index (χ2n) is 6.63. The van der Waals surface area contributed by atoms with Gasteiger partial charge in [0, 0.05) is 17.1 Å². The van der Waals surface area contributed by atoms with Gasteiger partial charge in [-0.2, -0.15) is 0 Å². The van der Waals surface area contributed by atoms with Crippen molar-refractivity contribution in [3.8, 4) is 0 Å². The molecular formula is C20H18FN3O2. The molecule has 0 unspecified atom stereocenters. The number of para-hydroxylation sites is 1. The minimum absolute atomic E-state index is 0.161. The number of carbonyl (C=O) groups is 2. The summed E-state index contributed by atoms with van der Waals surface area (Å²) in [5.41, 5.74) is 6.94. The molecule has 2 amide bonds. The molecule has 1 aliphatic rings. The molecule has 1 heterocycles. The largest absolute Gasteiger partial charge is 0.361 e. The molecule has 0 radical (unpaired) electrons. The number of fused-ring (bicyclic) bond motifs is 1. The molecule has 5 nitrogen and oxygen atoms in total. The summed E-state index contributed by atoms with van der Waals surface area (Å²) < 4.78 is 13.1. The van der Waals surface area contributed by atoms with Crippen LogP contribution in [0, 0.1) is 5.82 Å². The van der Waals surface area contributed by atoms with E-state index >= 15 is 0 Å². The molecule has 132 valence electrons. The number of halogens is 1. The van der Waals surface area contributed by atoms with Crippen LogP contribution >= 0.6 is 0 Å². The van der Waals surface area contributed by atoms with E-state index in [-0.39, 0.29) is 24.1 Å². The zero-order valence-electron chi connectivity index (χ0n) is 14.0. The Bertz CT molecular complexity index is 974. The van der Waals surface area contributed by atoms with Crippen LogP contribution in [-0.2, 0) is 21.4 Å². The summed E-state index contributed by atoms with van der Waals surface area (Å²) in [5, 5.41) is 0.985. The third kappa shape index (κ3) is 2.94. The Labute approximate surface area is 149 Å². The van der Waals surface area contributed by atoms with Crippen LogP contribution < -0.4 is 10.9 Å². The number of carbonyl (C=O) groups excluding carboxylic acids is 2. The van der Waals surface area contributed by atoms with Crippen LogP contribution in [0.3, 0.4) is 0 Å². The van der Waals surface area contributed by atoms with E-state index in [9.17, 15) is 14.0 Å². The number of hydrazine groups is 1. The Morgan fingerprint density at radius 1 is 1.04 bits per heavy atom. The zero-order chi connectivity index (χ0) is 18.1. The highest BCUT2D eigenvalue weighted by Crippen LogP contribution is 2.48. The number of aromatic nitrogens is 1. The first-order chi connectivity index (χ1) is 12.6. The Hall–Kier alpha value is -3.15. The van der Waals surface area contributed by atoms with Crippen molar-refractivity contribution in [3.05, 3.63) is 71.7 Å². The van der Waals surface area contributed by atoms with Gasteiger partial charge < -0.3 is 4.98 Å². The SMILES string of the molecule is O=C(Cc1c[nH]c2ccccc12)NNC(=O)C1(c2ccc(F)cc2)CC1. The zero-order valence-corrected chi connectivity index (χ0v) is 14.0. The monoisotopic (exact) mass is 351 g/mol. The lowest BCUT2D eigenvalue weighted by Crippen LogP contribution is -2.47. The molecule has 0 spiro atoms. The maximum absolute atomic E-state index is 13.1. The van der Waals surface area contributed by atoms with Gasteiger partial charge in [0.1, 0.15) is 5.82 Å². The first-order valence-corrected chi connectivity index (χ1v) is 8.49. The summed E-state index contributed by atoms with van der Waals surface area (Å²) in [4.78, 5) is 27.8. The van der Waals surface area contributed by atoms with Gasteiger partial charge >= 0.3 is 0 Å². The van der Waals surface area contributed by atoms with Crippen molar-refractivity contribution < 1.29 is 14.0 Å². The number of nitrogens with one attached hydrogen (secondary N) is 3. The summed E-state index contributed by atoms with van der Waals surface area (Å²) in [6, 6.07) is 13.7. The van der Waals surface area contributed by atoms with Gasteiger partial charge in [-0.1, -0.05) is 30.3 Å². The van der Waals surface area contributed by atoms with Crippen LogP contribution in [0.15, 0.2) is 54.7 Å². The van der Waals surface area contributed by atoms with Gasteiger partial charge in [0.2, 0.25) is 11.8 Å². The molecule has 1 aromatic heterocycles. The van der Waals surface area contributed by atoms with E-state index < -0.39 is 5.41 Å². The van der Waals surface area contributed by atoms with Crippen molar-refractivity contribution in [1.29, 1.82) is 0 Å². The molecule has 4 rings (SSSR count). The fourth-order valence-electron chi connectivity index (χ4n) is 3.28. The van der Waals surface area contributed by atoms with E-state index in [1.54, 1.807) is 18.3 Å². The molecule has 2 aromatic carbocycles. The lowest BCUT2D eigenvalue weighted by atomic mass is 9.95. The van der Waals surface area contributed by atoms with Gasteiger partial charge in [-0.05, 0) is 42.2 Å². The Kier molecular flexibility index (Phi) is 3.95. The van der Waals surface area contributed by atoms with E-state index in [1.165, 1.54) is 12.1 Å². The second-order valence-corrected chi connectivity index (χ2v) is 6.63. The average molecular weight is 351 g/mol. The fourth-order valence-corrected chi connectivity index (χ4v) is 3.28. The van der Waals surface area contributed by atoms with Crippen LogP contribution in [-0.4, -0.2) is 16.8 Å². The Balaban J connectivity index is 1.38. The summed E-state index contributed by atoms with van der Waals surface area (Å²) >= 11 is 0. The molecule has 0 saturated heterocycles. The van der Waals surface area contributed by atoms with Crippen LogP contribution in [0.2, 0.25) is 0 Å². The van der Waals surface area contributed by atoms with Gasteiger partial charge in [-0.3, -0.25) is 20.4 Å². The number of hydrogen-bond acceptors (Lipinski definition) is 2. The number of rotatable bonds is 4. The fraction of sp³-hybridized carbons (Fsp3) is 0.200. The van der Waals surface area contributed by atoms with Gasteiger partial charge in [0.05, 0.1) is 11.8 Å². The van der Waals surface area contributed by atoms with Gasteiger partial charge in [-0.15, -0.1) is 0 Å². The molecule has 1 aliphatic carbocycles. The number of benzene rings is 2. The number of amides is 2. The van der Waals surface area contributed by atoms with Crippen molar-refractivity contribution in [2.75, 3.05) is 0 Å². The van der Waals surface area contributed by atoms with Crippen LogP contribution in [0.25, 0.3) is 10.9 Å². The molecule has 6 heteroatoms. The minimum Gasteiger partial charge on any atom is -0.361 e. The van der Waals surface area contributed by atoms with Crippen LogP contribution in [0.1, 0.15) is 24.0 Å². The summed E-state index contributed by atoms with van der Waals surface area (Å²) in [7, 11) is 0. The minimum atomic E-state index is -0.665. The van der Waals surface area contributed by atoms with Crippen LogP contribution in [0.5, 0.6) is 0 Å². The van der Waals surface area contributed by atoms with Crippen molar-refractivity contribution >= 4 is 22.7 Å². The summed E-state index contributed by atoms with van der Waals surface area (Å²) in [6.45, 7) is 0. The maximum atomic E-state index is 13.1. The molecule has 3 aromatic rings. The highest BCUT2D eigenvalue weighted by molar-refractivity contribution is 5.94. The molecular weight excluding hydrogens is 333 g/mol. The molecule has 1 fully saturated rings. The van der Waals surface area contributed by atoms with Gasteiger partial charge in [0.15, 0.2) is 0 Å². The molecule has 0 atom stereocenters. The Morgan fingerprint density at radius 3 is 2.50 bits per heavy atom. The second kappa shape index (κ2) is 6.29. The average Bonchev–Trinajstić information content (AvgIpc) is 3.37. The highest BCUT2D eigenvalue weighted by Gasteiger charge is 2.51. The van der Waals surface area contributed by atoms with Gasteiger partial charge in [-0.25, -0.2) is 4.39 Å². The molecule has 0 bridgehead atoms. The third-order valence-corrected chi connectivity index (χ3v) is 4.92. The predicted molar refractivity (Wildman–Crippen MR) is 95.6 cm³/mol. The predicted octanol–water partition coefficient (Wildman–Crippen LogP) is 2.73. The van der Waals surface area contributed by atoms with Crippen LogP contribution in [0.4, 0.5) is 4.39 Å². The highest BCUT2D eigenvalue weighted by atomic mass is 19.1. The molecule has 3 N–H and O–H groups in total. The number of aromatic amines is 1. The Morgan fingerprint density at radius 2 is 1.77 bits per heavy atom. The topological polar surface area (TPSA) is 74.0 Å². The van der Waals surface area contributed by atoms with E-state index in [4.69, 9.17) is 0 Å². The molecule has 26 heavy (non-hydrogen) atoms. The number of H-pyrrole nitrogens is 1. The quantitative estimate of drug-likeness (QED) is 0.632. The van der Waals surface area contributed by atoms with Crippen molar-refractivity contribution in [1.82, 2.24) is 15.8 Å². The smallest absolute Gasteiger partial charge is 0.249 e. The summed E-state index contributed by atoms with van der Waals surface area (Å²) in [5.74, 6) is -0.897. The van der Waals surface area contributed by atoms with E-state index in [0.717, 1.165) is 22.0 Å². The normalized spacial score (nSPS) is 14.8. The molecule has 0 aliphatic heterocycles. The standard InChI is InChI=1S/C20H18FN3O2/c21-15-7-5-14(6-8-15)20(9-10-20)19(26)24-23-18(25)11-13-12-22-17-4-2-1-3-16(13)17/h1-8,12,22H,9-11H2,(H,23,25)(H,24,26). The molecule has 1 saturated carbocycles. The first kappa shape index (κ1) is 16.3.